The maximum atomic E-state index is 11.9. The summed E-state index contributed by atoms with van der Waals surface area (Å²) in [6.45, 7) is 1.70. The molecule has 4 heteroatoms. The van der Waals surface area contributed by atoms with Crippen LogP contribution in [0.1, 0.15) is 12.5 Å². The Morgan fingerprint density at radius 2 is 1.45 bits per heavy atom. The summed E-state index contributed by atoms with van der Waals surface area (Å²) in [7, 11) is 0. The van der Waals surface area contributed by atoms with Crippen LogP contribution >= 0.6 is 23.2 Å². The van der Waals surface area contributed by atoms with Crippen LogP contribution in [-0.2, 0) is 4.79 Å². The molecule has 102 valence electrons. The average molecular weight is 307 g/mol. The van der Waals surface area contributed by atoms with E-state index in [1.54, 1.807) is 49.4 Å². The zero-order valence-electron chi connectivity index (χ0n) is 10.8. The third-order valence-electron chi connectivity index (χ3n) is 2.60. The molecular weight excluding hydrogens is 295 g/mol. The van der Waals surface area contributed by atoms with Crippen molar-refractivity contribution >= 4 is 35.2 Å². The van der Waals surface area contributed by atoms with Gasteiger partial charge >= 0.3 is 5.97 Å². The van der Waals surface area contributed by atoms with E-state index in [1.807, 2.05) is 12.1 Å². The monoisotopic (exact) mass is 306 g/mol. The topological polar surface area (TPSA) is 26.3 Å². The van der Waals surface area contributed by atoms with E-state index in [0.29, 0.717) is 21.4 Å². The van der Waals surface area contributed by atoms with Crippen molar-refractivity contribution in [3.05, 3.63) is 69.7 Å². The predicted octanol–water partition coefficient (Wildman–Crippen LogP) is 5.00. The quantitative estimate of drug-likeness (QED) is 0.453. The Hall–Kier alpha value is -1.77. The zero-order valence-corrected chi connectivity index (χ0v) is 12.3. The lowest BCUT2D eigenvalue weighted by Crippen LogP contribution is -2.08. The van der Waals surface area contributed by atoms with E-state index in [0.717, 1.165) is 5.56 Å². The predicted molar refractivity (Wildman–Crippen MR) is 82.2 cm³/mol. The zero-order chi connectivity index (χ0) is 14.5. The van der Waals surface area contributed by atoms with E-state index in [-0.39, 0.29) is 0 Å². The molecule has 20 heavy (non-hydrogen) atoms. The molecule has 0 spiro atoms. The molecule has 0 heterocycles. The second-order valence-corrected chi connectivity index (χ2v) is 5.10. The van der Waals surface area contributed by atoms with Crippen molar-refractivity contribution < 1.29 is 9.53 Å². The van der Waals surface area contributed by atoms with Gasteiger partial charge in [-0.2, -0.15) is 0 Å². The van der Waals surface area contributed by atoms with Crippen molar-refractivity contribution in [1.29, 1.82) is 0 Å². The van der Waals surface area contributed by atoms with Crippen LogP contribution in [-0.4, -0.2) is 5.97 Å². The Labute approximate surface area is 127 Å². The summed E-state index contributed by atoms with van der Waals surface area (Å²) in [5.74, 6) is 0.0607. The largest absolute Gasteiger partial charge is 0.423 e. The van der Waals surface area contributed by atoms with Gasteiger partial charge in [0.05, 0.1) is 0 Å². The highest BCUT2D eigenvalue weighted by Crippen LogP contribution is 2.18. The van der Waals surface area contributed by atoms with Crippen LogP contribution in [0.2, 0.25) is 10.0 Å². The van der Waals surface area contributed by atoms with Crippen molar-refractivity contribution in [1.82, 2.24) is 0 Å². The van der Waals surface area contributed by atoms with E-state index in [2.05, 4.69) is 0 Å². The van der Waals surface area contributed by atoms with Gasteiger partial charge in [0.15, 0.2) is 0 Å². The Bertz CT molecular complexity index is 629. The second kappa shape index (κ2) is 6.60. The second-order valence-electron chi connectivity index (χ2n) is 4.22. The summed E-state index contributed by atoms with van der Waals surface area (Å²) >= 11 is 11.6. The van der Waals surface area contributed by atoms with E-state index in [1.165, 1.54) is 0 Å². The van der Waals surface area contributed by atoms with Crippen LogP contribution in [0.25, 0.3) is 6.08 Å². The average Bonchev–Trinajstić information content (AvgIpc) is 2.44. The number of esters is 1. The molecule has 0 bridgehead atoms. The van der Waals surface area contributed by atoms with Crippen molar-refractivity contribution in [3.8, 4) is 5.75 Å². The number of ether oxygens (including phenoxy) is 1. The number of benzene rings is 2. The molecule has 2 nitrogen and oxygen atoms in total. The van der Waals surface area contributed by atoms with E-state index in [9.17, 15) is 4.79 Å². The summed E-state index contributed by atoms with van der Waals surface area (Å²) in [4.78, 5) is 11.9. The molecule has 0 unspecified atom stereocenters. The van der Waals surface area contributed by atoms with Crippen LogP contribution in [0.15, 0.2) is 54.1 Å². The first-order chi connectivity index (χ1) is 9.54. The molecule has 2 aromatic carbocycles. The Kier molecular flexibility index (Phi) is 4.83. The van der Waals surface area contributed by atoms with Gasteiger partial charge in [-0.15, -0.1) is 0 Å². The van der Waals surface area contributed by atoms with Crippen molar-refractivity contribution in [3.63, 3.8) is 0 Å². The first-order valence-corrected chi connectivity index (χ1v) is 6.72. The highest BCUT2D eigenvalue weighted by molar-refractivity contribution is 6.30. The normalized spacial score (nSPS) is 11.2. The minimum Gasteiger partial charge on any atom is -0.423 e. The van der Waals surface area contributed by atoms with Gasteiger partial charge in [-0.1, -0.05) is 35.3 Å². The number of halogens is 2. The highest BCUT2D eigenvalue weighted by atomic mass is 35.5. The lowest BCUT2D eigenvalue weighted by Gasteiger charge is -2.04. The Morgan fingerprint density at radius 1 is 0.950 bits per heavy atom. The molecular formula is C16H12Cl2O2. The van der Waals surface area contributed by atoms with Gasteiger partial charge in [0.25, 0.3) is 0 Å². The number of carbonyl (C=O) groups is 1. The number of hydrogen-bond donors (Lipinski definition) is 0. The molecule has 0 aliphatic carbocycles. The molecule has 0 N–H and O–H groups in total. The van der Waals surface area contributed by atoms with Gasteiger partial charge in [0, 0.05) is 15.6 Å². The van der Waals surface area contributed by atoms with Gasteiger partial charge in [-0.05, 0) is 55.0 Å². The maximum absolute atomic E-state index is 11.9. The summed E-state index contributed by atoms with van der Waals surface area (Å²) in [6.07, 6.45) is 1.74. The lowest BCUT2D eigenvalue weighted by molar-refractivity contribution is -0.130. The fraction of sp³-hybridized carbons (Fsp3) is 0.0625. The number of rotatable bonds is 3. The summed E-state index contributed by atoms with van der Waals surface area (Å²) in [5, 5.41) is 1.25. The molecule has 2 aromatic rings. The molecule has 0 amide bonds. The maximum Gasteiger partial charge on any atom is 0.339 e. The molecule has 2 rings (SSSR count). The van der Waals surface area contributed by atoms with Gasteiger partial charge in [0.2, 0.25) is 0 Å². The van der Waals surface area contributed by atoms with Crippen molar-refractivity contribution in [2.24, 2.45) is 0 Å². The fourth-order valence-electron chi connectivity index (χ4n) is 1.56. The van der Waals surface area contributed by atoms with Crippen LogP contribution in [0.5, 0.6) is 5.75 Å². The SMILES string of the molecule is CC(=Cc1ccc(Cl)cc1)C(=O)Oc1ccc(Cl)cc1. The molecule has 0 aliphatic heterocycles. The van der Waals surface area contributed by atoms with Crippen LogP contribution in [0.4, 0.5) is 0 Å². The Morgan fingerprint density at radius 3 is 2.00 bits per heavy atom. The molecule has 0 radical (unpaired) electrons. The first kappa shape index (κ1) is 14.6. The molecule has 0 saturated carbocycles. The third kappa shape index (κ3) is 4.12. The lowest BCUT2D eigenvalue weighted by atomic mass is 10.1. The summed E-state index contributed by atoms with van der Waals surface area (Å²) in [5.41, 5.74) is 1.39. The van der Waals surface area contributed by atoms with Crippen molar-refractivity contribution in [2.75, 3.05) is 0 Å². The molecule has 0 atom stereocenters. The van der Waals surface area contributed by atoms with Gasteiger partial charge in [-0.3, -0.25) is 0 Å². The minimum atomic E-state index is -0.401. The van der Waals surface area contributed by atoms with E-state index in [4.69, 9.17) is 27.9 Å². The minimum absolute atomic E-state index is 0.401. The van der Waals surface area contributed by atoms with E-state index < -0.39 is 5.97 Å². The summed E-state index contributed by atoms with van der Waals surface area (Å²) in [6, 6.07) is 13.8. The summed E-state index contributed by atoms with van der Waals surface area (Å²) < 4.78 is 5.24. The van der Waals surface area contributed by atoms with Crippen LogP contribution in [0, 0.1) is 0 Å². The van der Waals surface area contributed by atoms with Gasteiger partial charge in [-0.25, -0.2) is 4.79 Å². The third-order valence-corrected chi connectivity index (χ3v) is 3.10. The first-order valence-electron chi connectivity index (χ1n) is 5.96. The Balaban J connectivity index is 2.08. The number of hydrogen-bond acceptors (Lipinski definition) is 2. The van der Waals surface area contributed by atoms with E-state index >= 15 is 0 Å². The van der Waals surface area contributed by atoms with Crippen LogP contribution < -0.4 is 4.74 Å². The number of carbonyl (C=O) groups excluding carboxylic acids is 1. The fourth-order valence-corrected chi connectivity index (χ4v) is 1.81. The van der Waals surface area contributed by atoms with Crippen molar-refractivity contribution in [2.45, 2.75) is 6.92 Å². The van der Waals surface area contributed by atoms with Gasteiger partial charge in [0.1, 0.15) is 5.75 Å². The smallest absolute Gasteiger partial charge is 0.339 e. The van der Waals surface area contributed by atoms with Crippen LogP contribution in [0.3, 0.4) is 0 Å². The van der Waals surface area contributed by atoms with Gasteiger partial charge < -0.3 is 4.74 Å². The molecule has 0 fully saturated rings. The molecule has 0 saturated heterocycles. The molecule has 0 aromatic heterocycles. The molecule has 0 aliphatic rings. The standard InChI is InChI=1S/C16H12Cl2O2/c1-11(10-12-2-4-13(17)5-3-12)16(19)20-15-8-6-14(18)7-9-15/h2-10H,1H3. The highest BCUT2D eigenvalue weighted by Gasteiger charge is 2.07.